The molecular formula is C16H22BrN3. The highest BCUT2D eigenvalue weighted by Gasteiger charge is 2.07. The summed E-state index contributed by atoms with van der Waals surface area (Å²) >= 11 is 3.45. The van der Waals surface area contributed by atoms with Crippen LogP contribution in [0.5, 0.6) is 0 Å². The van der Waals surface area contributed by atoms with E-state index in [1.165, 1.54) is 5.56 Å². The lowest BCUT2D eigenvalue weighted by Gasteiger charge is -2.12. The molecule has 1 heterocycles. The highest BCUT2D eigenvalue weighted by atomic mass is 79.9. The van der Waals surface area contributed by atoms with Gasteiger partial charge in [-0.15, -0.1) is 0 Å². The van der Waals surface area contributed by atoms with Crippen LogP contribution >= 0.6 is 15.9 Å². The molecule has 0 atom stereocenters. The number of nitrogens with zero attached hydrogens (tertiary/aromatic N) is 2. The highest BCUT2D eigenvalue weighted by Crippen LogP contribution is 2.14. The molecule has 1 N–H and O–H groups in total. The standard InChI is InChI=1S/C16H22BrN3/c1-3-16(4-2)20-10-9-15(19-20)12-18-11-13-5-7-14(17)8-6-13/h5-10,16,18H,3-4,11-12H2,1-2H3. The smallest absolute Gasteiger partial charge is 0.0762 e. The Morgan fingerprint density at radius 3 is 2.45 bits per heavy atom. The number of halogens is 1. The quantitative estimate of drug-likeness (QED) is 0.817. The lowest BCUT2D eigenvalue weighted by molar-refractivity contribution is 0.424. The summed E-state index contributed by atoms with van der Waals surface area (Å²) in [4.78, 5) is 0. The summed E-state index contributed by atoms with van der Waals surface area (Å²) in [6, 6.07) is 11.0. The molecule has 0 aliphatic rings. The third-order valence-corrected chi connectivity index (χ3v) is 4.06. The zero-order chi connectivity index (χ0) is 14.4. The molecule has 2 aromatic rings. The fraction of sp³-hybridized carbons (Fsp3) is 0.438. The number of hydrogen-bond donors (Lipinski definition) is 1. The molecule has 0 saturated heterocycles. The van der Waals surface area contributed by atoms with Crippen LogP contribution in [-0.4, -0.2) is 9.78 Å². The first-order valence-electron chi connectivity index (χ1n) is 7.22. The van der Waals surface area contributed by atoms with E-state index in [9.17, 15) is 0 Å². The Kier molecular flexibility index (Phi) is 5.80. The van der Waals surface area contributed by atoms with Crippen molar-refractivity contribution in [1.82, 2.24) is 15.1 Å². The Labute approximate surface area is 129 Å². The largest absolute Gasteiger partial charge is 0.307 e. The molecule has 20 heavy (non-hydrogen) atoms. The molecule has 1 aromatic heterocycles. The predicted molar refractivity (Wildman–Crippen MR) is 86.5 cm³/mol. The molecule has 3 nitrogen and oxygen atoms in total. The average Bonchev–Trinajstić information content (AvgIpc) is 2.91. The maximum Gasteiger partial charge on any atom is 0.0762 e. The molecule has 4 heteroatoms. The van der Waals surface area contributed by atoms with Crippen LogP contribution in [-0.2, 0) is 13.1 Å². The van der Waals surface area contributed by atoms with Crippen LogP contribution in [0.25, 0.3) is 0 Å². The lowest BCUT2D eigenvalue weighted by atomic mass is 10.2. The van der Waals surface area contributed by atoms with Crippen molar-refractivity contribution in [2.24, 2.45) is 0 Å². The second-order valence-electron chi connectivity index (χ2n) is 4.99. The van der Waals surface area contributed by atoms with E-state index in [4.69, 9.17) is 0 Å². The SMILES string of the molecule is CCC(CC)n1ccc(CNCc2ccc(Br)cc2)n1. The number of nitrogens with one attached hydrogen (secondary N) is 1. The summed E-state index contributed by atoms with van der Waals surface area (Å²) in [5.74, 6) is 0. The van der Waals surface area contributed by atoms with Crippen molar-refractivity contribution in [3.63, 3.8) is 0 Å². The minimum Gasteiger partial charge on any atom is -0.307 e. The van der Waals surface area contributed by atoms with Crippen LogP contribution < -0.4 is 5.32 Å². The van der Waals surface area contributed by atoms with Crippen LogP contribution in [0.3, 0.4) is 0 Å². The summed E-state index contributed by atoms with van der Waals surface area (Å²) in [6.07, 6.45) is 4.35. The number of aromatic nitrogens is 2. The van der Waals surface area contributed by atoms with E-state index in [0.717, 1.165) is 36.1 Å². The van der Waals surface area contributed by atoms with Crippen LogP contribution in [0.1, 0.15) is 44.0 Å². The molecule has 0 saturated carbocycles. The van der Waals surface area contributed by atoms with Gasteiger partial charge in [0.05, 0.1) is 11.7 Å². The molecule has 0 bridgehead atoms. The van der Waals surface area contributed by atoms with Crippen molar-refractivity contribution < 1.29 is 0 Å². The van der Waals surface area contributed by atoms with Gasteiger partial charge in [-0.2, -0.15) is 5.10 Å². The van der Waals surface area contributed by atoms with Gasteiger partial charge in [0.25, 0.3) is 0 Å². The van der Waals surface area contributed by atoms with E-state index >= 15 is 0 Å². The first-order chi connectivity index (χ1) is 9.72. The van der Waals surface area contributed by atoms with E-state index in [-0.39, 0.29) is 0 Å². The normalized spacial score (nSPS) is 11.2. The molecular weight excluding hydrogens is 314 g/mol. The first kappa shape index (κ1) is 15.3. The fourth-order valence-electron chi connectivity index (χ4n) is 2.27. The topological polar surface area (TPSA) is 29.9 Å². The zero-order valence-electron chi connectivity index (χ0n) is 12.1. The Hall–Kier alpha value is -1.13. The summed E-state index contributed by atoms with van der Waals surface area (Å²) < 4.78 is 3.21. The third-order valence-electron chi connectivity index (χ3n) is 3.53. The molecule has 0 unspecified atom stereocenters. The van der Waals surface area contributed by atoms with Gasteiger partial charge in [0.2, 0.25) is 0 Å². The van der Waals surface area contributed by atoms with Crippen molar-refractivity contribution in [1.29, 1.82) is 0 Å². The van der Waals surface area contributed by atoms with E-state index in [1.54, 1.807) is 0 Å². The Bertz CT molecular complexity index is 515. The van der Waals surface area contributed by atoms with Gasteiger partial charge < -0.3 is 5.32 Å². The van der Waals surface area contributed by atoms with Gasteiger partial charge >= 0.3 is 0 Å². The van der Waals surface area contributed by atoms with Gasteiger partial charge in [0, 0.05) is 23.8 Å². The van der Waals surface area contributed by atoms with Crippen LogP contribution in [0.2, 0.25) is 0 Å². The maximum atomic E-state index is 4.64. The minimum atomic E-state index is 0.523. The molecule has 2 rings (SSSR count). The van der Waals surface area contributed by atoms with E-state index < -0.39 is 0 Å². The molecule has 0 spiro atoms. The van der Waals surface area contributed by atoms with Crippen LogP contribution in [0.4, 0.5) is 0 Å². The van der Waals surface area contributed by atoms with E-state index in [1.807, 2.05) is 0 Å². The van der Waals surface area contributed by atoms with E-state index in [0.29, 0.717) is 6.04 Å². The molecule has 0 radical (unpaired) electrons. The highest BCUT2D eigenvalue weighted by molar-refractivity contribution is 9.10. The number of rotatable bonds is 7. The van der Waals surface area contributed by atoms with Crippen LogP contribution in [0.15, 0.2) is 41.0 Å². The fourth-order valence-corrected chi connectivity index (χ4v) is 2.54. The Morgan fingerprint density at radius 1 is 1.10 bits per heavy atom. The van der Waals surface area contributed by atoms with Gasteiger partial charge in [-0.3, -0.25) is 4.68 Å². The summed E-state index contributed by atoms with van der Waals surface area (Å²) in [6.45, 7) is 6.09. The lowest BCUT2D eigenvalue weighted by Crippen LogP contribution is -2.14. The van der Waals surface area contributed by atoms with Crippen molar-refractivity contribution in [2.45, 2.75) is 45.8 Å². The molecule has 1 aromatic carbocycles. The molecule has 0 aliphatic heterocycles. The second kappa shape index (κ2) is 7.60. The number of hydrogen-bond acceptors (Lipinski definition) is 2. The molecule has 0 amide bonds. The summed E-state index contributed by atoms with van der Waals surface area (Å²) in [5.41, 5.74) is 2.39. The van der Waals surface area contributed by atoms with Crippen molar-refractivity contribution in [2.75, 3.05) is 0 Å². The van der Waals surface area contributed by atoms with Crippen molar-refractivity contribution >= 4 is 15.9 Å². The van der Waals surface area contributed by atoms with Gasteiger partial charge in [-0.1, -0.05) is 41.9 Å². The zero-order valence-corrected chi connectivity index (χ0v) is 13.7. The Morgan fingerprint density at radius 2 is 1.80 bits per heavy atom. The van der Waals surface area contributed by atoms with Crippen LogP contribution in [0, 0.1) is 0 Å². The summed E-state index contributed by atoms with van der Waals surface area (Å²) in [7, 11) is 0. The van der Waals surface area contributed by atoms with Gasteiger partial charge in [0.15, 0.2) is 0 Å². The molecule has 0 fully saturated rings. The monoisotopic (exact) mass is 335 g/mol. The number of benzene rings is 1. The van der Waals surface area contributed by atoms with Gasteiger partial charge in [0.1, 0.15) is 0 Å². The predicted octanol–water partition coefficient (Wildman–Crippen LogP) is 4.30. The van der Waals surface area contributed by atoms with Crippen molar-refractivity contribution in [3.8, 4) is 0 Å². The summed E-state index contributed by atoms with van der Waals surface area (Å²) in [5, 5.41) is 8.08. The minimum absolute atomic E-state index is 0.523. The van der Waals surface area contributed by atoms with E-state index in [2.05, 4.69) is 81.4 Å². The average molecular weight is 336 g/mol. The Balaban J connectivity index is 1.84. The molecule has 0 aliphatic carbocycles. The second-order valence-corrected chi connectivity index (χ2v) is 5.90. The van der Waals surface area contributed by atoms with Crippen molar-refractivity contribution in [3.05, 3.63) is 52.3 Å². The van der Waals surface area contributed by atoms with Gasteiger partial charge in [-0.25, -0.2) is 0 Å². The van der Waals surface area contributed by atoms with Gasteiger partial charge in [-0.05, 0) is 36.6 Å². The molecule has 108 valence electrons. The third kappa shape index (κ3) is 4.18. The first-order valence-corrected chi connectivity index (χ1v) is 8.01. The maximum absolute atomic E-state index is 4.64.